The van der Waals surface area contributed by atoms with E-state index in [1.54, 1.807) is 0 Å². The Morgan fingerprint density at radius 3 is 2.39 bits per heavy atom. The summed E-state index contributed by atoms with van der Waals surface area (Å²) < 4.78 is 2.94. The van der Waals surface area contributed by atoms with E-state index in [9.17, 15) is 0 Å². The van der Waals surface area contributed by atoms with Crippen molar-refractivity contribution in [2.24, 2.45) is 0 Å². The maximum atomic E-state index is 5.90. The zero-order valence-corrected chi connectivity index (χ0v) is 12.4. The summed E-state index contributed by atoms with van der Waals surface area (Å²) in [6.07, 6.45) is 0. The van der Waals surface area contributed by atoms with Crippen LogP contribution in [0.2, 0.25) is 0 Å². The van der Waals surface area contributed by atoms with Crippen LogP contribution in [-0.4, -0.2) is 15.0 Å². The Kier molecular flexibility index (Phi) is 3.43. The maximum absolute atomic E-state index is 5.90. The summed E-state index contributed by atoms with van der Waals surface area (Å²) in [4.78, 5) is 0. The Balaban J connectivity index is 2.33. The van der Waals surface area contributed by atoms with E-state index in [0.717, 1.165) is 10.2 Å². The largest absolute Gasteiger partial charge is 0.381 e. The Morgan fingerprint density at radius 1 is 1.22 bits per heavy atom. The zero-order chi connectivity index (χ0) is 13.3. The topological polar surface area (TPSA) is 56.7 Å². The van der Waals surface area contributed by atoms with Gasteiger partial charge in [0.1, 0.15) is 0 Å². The highest BCUT2D eigenvalue weighted by Gasteiger charge is 2.23. The lowest BCUT2D eigenvalue weighted by Crippen LogP contribution is -2.20. The number of hydrogen-bond donors (Lipinski definition) is 1. The monoisotopic (exact) mass is 308 g/mol. The van der Waals surface area contributed by atoms with Crippen molar-refractivity contribution in [3.05, 3.63) is 40.0 Å². The van der Waals surface area contributed by atoms with Crippen LogP contribution >= 0.6 is 15.9 Å². The number of halogens is 1. The fourth-order valence-corrected chi connectivity index (χ4v) is 2.24. The first-order valence-corrected chi connectivity index (χ1v) is 6.61. The molecule has 2 rings (SSSR count). The molecule has 0 unspecified atom stereocenters. The molecule has 1 heterocycles. The molecule has 5 heteroatoms. The molecule has 0 aliphatic rings. The summed E-state index contributed by atoms with van der Waals surface area (Å²) in [5, 5.41) is 8.11. The number of benzene rings is 1. The highest BCUT2D eigenvalue weighted by Crippen LogP contribution is 2.26. The second-order valence-electron chi connectivity index (χ2n) is 5.36. The van der Waals surface area contributed by atoms with Gasteiger partial charge in [0.05, 0.1) is 12.2 Å². The fraction of sp³-hybridized carbons (Fsp3) is 0.385. The van der Waals surface area contributed by atoms with Crippen molar-refractivity contribution in [3.63, 3.8) is 0 Å². The second-order valence-corrected chi connectivity index (χ2v) is 6.27. The van der Waals surface area contributed by atoms with Crippen LogP contribution in [0.25, 0.3) is 0 Å². The second kappa shape index (κ2) is 4.72. The minimum Gasteiger partial charge on any atom is -0.381 e. The van der Waals surface area contributed by atoms with Gasteiger partial charge in [-0.2, -0.15) is 0 Å². The molecular formula is C13H17BrN4. The summed E-state index contributed by atoms with van der Waals surface area (Å²) in [6.45, 7) is 7.02. The average molecular weight is 309 g/mol. The van der Waals surface area contributed by atoms with Crippen LogP contribution in [0.3, 0.4) is 0 Å². The van der Waals surface area contributed by atoms with Gasteiger partial charge < -0.3 is 5.73 Å². The third-order valence-electron chi connectivity index (χ3n) is 2.72. The van der Waals surface area contributed by atoms with Gasteiger partial charge in [-0.1, -0.05) is 54.0 Å². The number of aromatic nitrogens is 3. The van der Waals surface area contributed by atoms with E-state index in [-0.39, 0.29) is 5.41 Å². The molecule has 0 aliphatic heterocycles. The Morgan fingerprint density at radius 2 is 1.83 bits per heavy atom. The molecule has 2 aromatic rings. The molecular weight excluding hydrogens is 292 g/mol. The molecule has 1 aromatic heterocycles. The summed E-state index contributed by atoms with van der Waals surface area (Å²) in [7, 11) is 0. The Bertz CT molecular complexity index is 537. The molecule has 96 valence electrons. The summed E-state index contributed by atoms with van der Waals surface area (Å²) in [5.74, 6) is 0.514. The minimum atomic E-state index is -0.0665. The van der Waals surface area contributed by atoms with E-state index >= 15 is 0 Å². The van der Waals surface area contributed by atoms with Gasteiger partial charge in [0, 0.05) is 9.89 Å². The first-order valence-electron chi connectivity index (χ1n) is 5.82. The highest BCUT2D eigenvalue weighted by molar-refractivity contribution is 9.10. The normalized spacial score (nSPS) is 11.8. The summed E-state index contributed by atoms with van der Waals surface area (Å²) in [6, 6.07) is 8.17. The van der Waals surface area contributed by atoms with Crippen molar-refractivity contribution >= 4 is 21.7 Å². The number of hydrogen-bond acceptors (Lipinski definition) is 3. The average Bonchev–Trinajstić information content (AvgIpc) is 2.63. The van der Waals surface area contributed by atoms with E-state index < -0.39 is 0 Å². The molecule has 0 fully saturated rings. The molecule has 0 radical (unpaired) electrons. The van der Waals surface area contributed by atoms with Crippen LogP contribution in [0.5, 0.6) is 0 Å². The van der Waals surface area contributed by atoms with Crippen molar-refractivity contribution in [3.8, 4) is 0 Å². The number of rotatable bonds is 2. The van der Waals surface area contributed by atoms with Gasteiger partial charge in [0.25, 0.3) is 0 Å². The molecule has 18 heavy (non-hydrogen) atoms. The van der Waals surface area contributed by atoms with Crippen molar-refractivity contribution in [1.29, 1.82) is 0 Å². The van der Waals surface area contributed by atoms with E-state index in [1.807, 2.05) is 16.8 Å². The van der Waals surface area contributed by atoms with Gasteiger partial charge in [-0.05, 0) is 17.7 Å². The third kappa shape index (κ3) is 2.72. The zero-order valence-electron chi connectivity index (χ0n) is 10.8. The van der Waals surface area contributed by atoms with Crippen LogP contribution < -0.4 is 5.73 Å². The predicted octanol–water partition coefficient (Wildman–Crippen LogP) is 2.97. The van der Waals surface area contributed by atoms with E-state index in [2.05, 4.69) is 59.1 Å². The highest BCUT2D eigenvalue weighted by atomic mass is 79.9. The predicted molar refractivity (Wildman–Crippen MR) is 76.4 cm³/mol. The summed E-state index contributed by atoms with van der Waals surface area (Å²) in [5.41, 5.74) is 7.99. The Hall–Kier alpha value is -1.36. The molecule has 0 saturated carbocycles. The van der Waals surface area contributed by atoms with Gasteiger partial charge in [-0.3, -0.25) is 0 Å². The lowest BCUT2D eigenvalue weighted by molar-refractivity contribution is 0.502. The van der Waals surface area contributed by atoms with E-state index in [4.69, 9.17) is 5.73 Å². The van der Waals surface area contributed by atoms with Crippen LogP contribution in [0, 0.1) is 0 Å². The number of nitrogens with zero attached hydrogens (tertiary/aromatic N) is 3. The number of nitrogen functional groups attached to an aromatic ring is 1. The maximum Gasteiger partial charge on any atom is 0.169 e. The first kappa shape index (κ1) is 13.1. The molecule has 0 aliphatic carbocycles. The van der Waals surface area contributed by atoms with Gasteiger partial charge in [-0.15, -0.1) is 5.10 Å². The SMILES string of the molecule is CC(C)(C)c1c(N)nnn1Cc1ccc(Br)cc1. The molecule has 1 aromatic carbocycles. The van der Waals surface area contributed by atoms with Gasteiger partial charge in [0.15, 0.2) is 5.82 Å². The molecule has 0 bridgehead atoms. The molecule has 0 saturated heterocycles. The van der Waals surface area contributed by atoms with Crippen molar-refractivity contribution in [2.75, 3.05) is 5.73 Å². The van der Waals surface area contributed by atoms with Gasteiger partial charge in [0.2, 0.25) is 0 Å². The standard InChI is InChI=1S/C13H17BrN4/c1-13(2,3)11-12(15)16-17-18(11)8-9-4-6-10(14)7-5-9/h4-7H,8,15H2,1-3H3. The Labute approximate surface area is 115 Å². The molecule has 0 atom stereocenters. The van der Waals surface area contributed by atoms with Crippen LogP contribution in [0.4, 0.5) is 5.82 Å². The van der Waals surface area contributed by atoms with Gasteiger partial charge >= 0.3 is 0 Å². The van der Waals surface area contributed by atoms with Crippen molar-refractivity contribution in [2.45, 2.75) is 32.7 Å². The van der Waals surface area contributed by atoms with Crippen LogP contribution in [0.1, 0.15) is 32.0 Å². The minimum absolute atomic E-state index is 0.0665. The van der Waals surface area contributed by atoms with Crippen LogP contribution in [-0.2, 0) is 12.0 Å². The quantitative estimate of drug-likeness (QED) is 0.928. The molecule has 0 spiro atoms. The van der Waals surface area contributed by atoms with E-state index in [0.29, 0.717) is 12.4 Å². The molecule has 0 amide bonds. The van der Waals surface area contributed by atoms with Crippen molar-refractivity contribution < 1.29 is 0 Å². The van der Waals surface area contributed by atoms with Crippen molar-refractivity contribution in [1.82, 2.24) is 15.0 Å². The van der Waals surface area contributed by atoms with E-state index in [1.165, 1.54) is 5.56 Å². The number of nitrogens with two attached hydrogens (primary N) is 1. The lowest BCUT2D eigenvalue weighted by atomic mass is 9.92. The van der Waals surface area contributed by atoms with Crippen LogP contribution in [0.15, 0.2) is 28.7 Å². The van der Waals surface area contributed by atoms with Gasteiger partial charge in [-0.25, -0.2) is 4.68 Å². The fourth-order valence-electron chi connectivity index (χ4n) is 1.97. The molecule has 4 nitrogen and oxygen atoms in total. The first-order chi connectivity index (χ1) is 8.38. The smallest absolute Gasteiger partial charge is 0.169 e. The lowest BCUT2D eigenvalue weighted by Gasteiger charge is -2.20. The molecule has 2 N–H and O–H groups in total. The number of anilines is 1. The third-order valence-corrected chi connectivity index (χ3v) is 3.25. The summed E-state index contributed by atoms with van der Waals surface area (Å²) >= 11 is 3.43.